The number of carbonyl (C=O) groups excluding carboxylic acids is 2. The summed E-state index contributed by atoms with van der Waals surface area (Å²) < 4.78 is 45.4. The van der Waals surface area contributed by atoms with Gasteiger partial charge in [0.2, 0.25) is 5.91 Å². The number of Topliss-reactive ketones (excluding diaryl/α,β-unsaturated/α-hetero) is 1. The Morgan fingerprint density at radius 2 is 1.59 bits per heavy atom. The largest absolute Gasteiger partial charge is 0.326 e. The summed E-state index contributed by atoms with van der Waals surface area (Å²) in [6.45, 7) is 7.37. The predicted octanol–water partition coefficient (Wildman–Crippen LogP) is 10.4. The molecule has 4 aromatic rings. The van der Waals surface area contributed by atoms with E-state index in [9.17, 15) is 22.4 Å². The lowest BCUT2D eigenvalue weighted by Gasteiger charge is -2.23. The molecule has 0 saturated heterocycles. The van der Waals surface area contributed by atoms with Crippen molar-refractivity contribution in [3.05, 3.63) is 142 Å². The average molecular weight is 728 g/mol. The molecule has 0 fully saturated rings. The van der Waals surface area contributed by atoms with Crippen LogP contribution in [0.1, 0.15) is 85.5 Å². The quantitative estimate of drug-likeness (QED) is 0.105. The van der Waals surface area contributed by atoms with Gasteiger partial charge < -0.3 is 5.32 Å². The van der Waals surface area contributed by atoms with E-state index in [2.05, 4.69) is 37.4 Å². The van der Waals surface area contributed by atoms with Crippen LogP contribution in [0.5, 0.6) is 0 Å². The second-order valence-corrected chi connectivity index (χ2v) is 16.3. The smallest absolute Gasteiger partial charge is 0.264 e. The highest BCUT2D eigenvalue weighted by atomic mass is 35.5. The molecule has 0 radical (unpaired) electrons. The first-order chi connectivity index (χ1) is 24.0. The van der Waals surface area contributed by atoms with Gasteiger partial charge in [0.15, 0.2) is 5.78 Å². The minimum absolute atomic E-state index is 0.00820. The summed E-state index contributed by atoms with van der Waals surface area (Å²) >= 11 is 6.53. The lowest BCUT2D eigenvalue weighted by molar-refractivity contribution is -0.117. The van der Waals surface area contributed by atoms with Crippen molar-refractivity contribution in [3.63, 3.8) is 0 Å². The molecule has 0 aromatic heterocycles. The van der Waals surface area contributed by atoms with Gasteiger partial charge in [-0.25, -0.2) is 4.39 Å². The SMILES string of the molecule is CC1(C)C=CC(c2ccc(C(Cc3ccc(C(=O)CCCS(=O)(=O)O)cc3)C(=O)Nc3ccc(-c4ccc(C(C)(C)F)cc4Cl)cc3)cc2)=CC1. The summed E-state index contributed by atoms with van der Waals surface area (Å²) in [5.74, 6) is -1.46. The summed E-state index contributed by atoms with van der Waals surface area (Å²) in [6.07, 6.45) is 7.92. The van der Waals surface area contributed by atoms with E-state index in [0.29, 0.717) is 28.3 Å². The highest BCUT2D eigenvalue weighted by Gasteiger charge is 2.24. The fourth-order valence-electron chi connectivity index (χ4n) is 6.01. The second kappa shape index (κ2) is 15.5. The van der Waals surface area contributed by atoms with E-state index < -0.39 is 27.5 Å². The number of alkyl halides is 1. The Balaban J connectivity index is 1.35. The van der Waals surface area contributed by atoms with Gasteiger partial charge in [0.1, 0.15) is 5.67 Å². The van der Waals surface area contributed by atoms with Gasteiger partial charge in [-0.2, -0.15) is 8.42 Å². The zero-order valence-corrected chi connectivity index (χ0v) is 30.8. The van der Waals surface area contributed by atoms with Gasteiger partial charge >= 0.3 is 0 Å². The third-order valence-electron chi connectivity index (χ3n) is 9.17. The number of rotatable bonds is 13. The number of carbonyl (C=O) groups is 2. The van der Waals surface area contributed by atoms with Crippen molar-refractivity contribution in [1.29, 1.82) is 0 Å². The number of benzene rings is 4. The van der Waals surface area contributed by atoms with Crippen molar-refractivity contribution < 1.29 is 27.0 Å². The number of nitrogens with one attached hydrogen (secondary N) is 1. The number of allylic oxidation sites excluding steroid dienone is 4. The molecule has 6 nitrogen and oxygen atoms in total. The third-order valence-corrected chi connectivity index (χ3v) is 10.3. The standard InChI is InChI=1S/C42H43ClFNO5S/c1-41(2)23-21-30(22-24-41)29-11-13-32(14-12-29)37(26-28-7-9-33(10-8-28)39(46)6-5-25-51(48,49)50)40(47)45-35-18-15-31(16-19-35)36-20-17-34(27-38(36)43)42(3,4)44/h7-23,27,37H,5-6,24-26H2,1-4H3,(H,45,47)(H,48,49,50). The third kappa shape index (κ3) is 10.3. The highest BCUT2D eigenvalue weighted by Crippen LogP contribution is 2.35. The number of hydrogen-bond acceptors (Lipinski definition) is 4. The first kappa shape index (κ1) is 37.9. The van der Waals surface area contributed by atoms with E-state index in [-0.39, 0.29) is 29.9 Å². The van der Waals surface area contributed by atoms with E-state index in [1.165, 1.54) is 13.8 Å². The van der Waals surface area contributed by atoms with Gasteiger partial charge in [-0.3, -0.25) is 14.1 Å². The van der Waals surface area contributed by atoms with Gasteiger partial charge in [0, 0.05) is 28.3 Å². The fourth-order valence-corrected chi connectivity index (χ4v) is 6.81. The molecule has 5 rings (SSSR count). The van der Waals surface area contributed by atoms with Crippen LogP contribution in [0.4, 0.5) is 10.1 Å². The van der Waals surface area contributed by atoms with E-state index in [1.54, 1.807) is 42.5 Å². The lowest BCUT2D eigenvalue weighted by atomic mass is 9.82. The minimum Gasteiger partial charge on any atom is -0.326 e. The molecule has 1 atom stereocenters. The van der Waals surface area contributed by atoms with E-state index in [1.807, 2.05) is 48.5 Å². The minimum atomic E-state index is -4.13. The maximum Gasteiger partial charge on any atom is 0.264 e. The highest BCUT2D eigenvalue weighted by molar-refractivity contribution is 7.85. The molecule has 4 aromatic carbocycles. The average Bonchev–Trinajstić information content (AvgIpc) is 3.07. The van der Waals surface area contributed by atoms with Crippen LogP contribution in [0.15, 0.2) is 109 Å². The van der Waals surface area contributed by atoms with Crippen LogP contribution in [0, 0.1) is 5.41 Å². The van der Waals surface area contributed by atoms with Crippen molar-refractivity contribution in [1.82, 2.24) is 0 Å². The summed E-state index contributed by atoms with van der Waals surface area (Å²) in [6, 6.07) is 27.5. The first-order valence-corrected chi connectivity index (χ1v) is 18.9. The van der Waals surface area contributed by atoms with Gasteiger partial charge in [-0.15, -0.1) is 0 Å². The van der Waals surface area contributed by atoms with Crippen molar-refractivity contribution in [3.8, 4) is 11.1 Å². The van der Waals surface area contributed by atoms with Crippen LogP contribution in [0.25, 0.3) is 16.7 Å². The Morgan fingerprint density at radius 3 is 2.16 bits per heavy atom. The molecule has 1 unspecified atom stereocenters. The molecule has 2 N–H and O–H groups in total. The lowest BCUT2D eigenvalue weighted by Crippen LogP contribution is -2.23. The van der Waals surface area contributed by atoms with Crippen molar-refractivity contribution in [2.45, 2.75) is 65.0 Å². The molecule has 0 aliphatic heterocycles. The molecular weight excluding hydrogens is 685 g/mol. The maximum atomic E-state index is 14.4. The Bertz CT molecular complexity index is 2060. The normalized spacial score (nSPS) is 14.8. The molecule has 0 bridgehead atoms. The number of halogens is 2. The molecule has 0 saturated carbocycles. The molecule has 1 amide bonds. The molecule has 1 aliphatic carbocycles. The molecule has 0 spiro atoms. The molecule has 51 heavy (non-hydrogen) atoms. The molecular formula is C42H43ClFNO5S. The van der Waals surface area contributed by atoms with Crippen LogP contribution in [-0.2, 0) is 27.0 Å². The monoisotopic (exact) mass is 727 g/mol. The summed E-state index contributed by atoms with van der Waals surface area (Å²) in [7, 11) is -4.13. The van der Waals surface area contributed by atoms with Crippen molar-refractivity contribution >= 4 is 44.7 Å². The number of hydrogen-bond donors (Lipinski definition) is 2. The second-order valence-electron chi connectivity index (χ2n) is 14.3. The Labute approximate surface area is 305 Å². The summed E-state index contributed by atoms with van der Waals surface area (Å²) in [5, 5.41) is 3.50. The summed E-state index contributed by atoms with van der Waals surface area (Å²) in [5.41, 5.74) is 5.61. The van der Waals surface area contributed by atoms with Gasteiger partial charge in [-0.05, 0) is 90.1 Å². The number of anilines is 1. The van der Waals surface area contributed by atoms with Crippen LogP contribution >= 0.6 is 11.6 Å². The van der Waals surface area contributed by atoms with Crippen LogP contribution in [0.3, 0.4) is 0 Å². The molecule has 1 aliphatic rings. The fraction of sp³-hybridized carbons (Fsp3) is 0.286. The van der Waals surface area contributed by atoms with E-state index in [0.717, 1.165) is 39.8 Å². The topological polar surface area (TPSA) is 101 Å². The van der Waals surface area contributed by atoms with Gasteiger partial charge in [-0.1, -0.05) is 116 Å². The zero-order chi connectivity index (χ0) is 37.0. The zero-order valence-electron chi connectivity index (χ0n) is 29.2. The number of ketones is 1. The van der Waals surface area contributed by atoms with Crippen molar-refractivity contribution in [2.24, 2.45) is 5.41 Å². The predicted molar refractivity (Wildman–Crippen MR) is 204 cm³/mol. The van der Waals surface area contributed by atoms with E-state index in [4.69, 9.17) is 16.2 Å². The van der Waals surface area contributed by atoms with Crippen molar-refractivity contribution in [2.75, 3.05) is 11.1 Å². The molecule has 9 heteroatoms. The first-order valence-electron chi connectivity index (χ1n) is 16.9. The van der Waals surface area contributed by atoms with Gasteiger partial charge in [0.05, 0.1) is 11.7 Å². The van der Waals surface area contributed by atoms with Gasteiger partial charge in [0.25, 0.3) is 10.1 Å². The Morgan fingerprint density at radius 1 is 0.941 bits per heavy atom. The van der Waals surface area contributed by atoms with Crippen LogP contribution in [0.2, 0.25) is 5.02 Å². The van der Waals surface area contributed by atoms with Crippen LogP contribution < -0.4 is 5.32 Å². The summed E-state index contributed by atoms with van der Waals surface area (Å²) in [4.78, 5) is 26.6. The Kier molecular flexibility index (Phi) is 11.5. The number of amides is 1. The van der Waals surface area contributed by atoms with Crippen LogP contribution in [-0.4, -0.2) is 30.4 Å². The van der Waals surface area contributed by atoms with E-state index >= 15 is 0 Å². The Hall–Kier alpha value is -4.37. The molecule has 266 valence electrons. The maximum absolute atomic E-state index is 14.4. The molecule has 0 heterocycles.